The molecule has 1 aromatic heterocycles. The van der Waals surface area contributed by atoms with Gasteiger partial charge < -0.3 is 9.15 Å². The molecule has 1 aromatic rings. The molecule has 5 heteroatoms. The van der Waals surface area contributed by atoms with Gasteiger partial charge in [-0.25, -0.2) is 9.78 Å². The highest BCUT2D eigenvalue weighted by Crippen LogP contribution is 2.19. The first-order chi connectivity index (χ1) is 6.19. The van der Waals surface area contributed by atoms with Gasteiger partial charge in [0, 0.05) is 6.42 Å². The molecular formula is C8H10BrNO3. The maximum atomic E-state index is 11.1. The van der Waals surface area contributed by atoms with Gasteiger partial charge in [-0.05, 0) is 22.4 Å². The lowest BCUT2D eigenvalue weighted by Crippen LogP contribution is -2.02. The molecule has 0 atom stereocenters. The first-order valence-electron chi connectivity index (χ1n) is 3.92. The summed E-state index contributed by atoms with van der Waals surface area (Å²) in [6.07, 6.45) is 1.64. The number of ether oxygens (including phenoxy) is 1. The number of esters is 1. The van der Waals surface area contributed by atoms with E-state index in [4.69, 9.17) is 4.42 Å². The smallest absolute Gasteiger partial charge is 0.361 e. The van der Waals surface area contributed by atoms with E-state index in [0.717, 1.165) is 12.8 Å². The number of oxazole rings is 1. The molecule has 0 amide bonds. The molecule has 0 fully saturated rings. The van der Waals surface area contributed by atoms with Crippen LogP contribution in [0.3, 0.4) is 0 Å². The fourth-order valence-electron chi connectivity index (χ4n) is 0.887. The van der Waals surface area contributed by atoms with Crippen LogP contribution in [0.15, 0.2) is 9.09 Å². The summed E-state index contributed by atoms with van der Waals surface area (Å²) < 4.78 is 10.0. The third-order valence-corrected chi connectivity index (χ3v) is 2.01. The highest BCUT2D eigenvalue weighted by molar-refractivity contribution is 9.10. The molecular weight excluding hydrogens is 238 g/mol. The highest BCUT2D eigenvalue weighted by atomic mass is 79.9. The van der Waals surface area contributed by atoms with Gasteiger partial charge in [-0.3, -0.25) is 0 Å². The van der Waals surface area contributed by atoms with Gasteiger partial charge in [-0.1, -0.05) is 6.92 Å². The Kier molecular flexibility index (Phi) is 3.48. The van der Waals surface area contributed by atoms with Crippen LogP contribution in [0, 0.1) is 0 Å². The number of aryl methyl sites for hydroxylation is 1. The summed E-state index contributed by atoms with van der Waals surface area (Å²) in [6, 6.07) is 0. The zero-order chi connectivity index (χ0) is 9.84. The van der Waals surface area contributed by atoms with E-state index in [0.29, 0.717) is 10.6 Å². The van der Waals surface area contributed by atoms with Crippen molar-refractivity contribution in [2.45, 2.75) is 19.8 Å². The van der Waals surface area contributed by atoms with Crippen LogP contribution in [-0.4, -0.2) is 18.1 Å². The molecule has 0 N–H and O–H groups in total. The van der Waals surface area contributed by atoms with E-state index in [2.05, 4.69) is 25.7 Å². The molecule has 4 nitrogen and oxygen atoms in total. The van der Waals surface area contributed by atoms with Crippen LogP contribution in [0.4, 0.5) is 0 Å². The average Bonchev–Trinajstić information content (AvgIpc) is 2.46. The minimum Gasteiger partial charge on any atom is -0.464 e. The molecule has 72 valence electrons. The molecule has 0 saturated carbocycles. The zero-order valence-electron chi connectivity index (χ0n) is 7.46. The van der Waals surface area contributed by atoms with Crippen molar-refractivity contribution in [3.63, 3.8) is 0 Å². The molecule has 13 heavy (non-hydrogen) atoms. The molecule has 0 aliphatic rings. The summed E-state index contributed by atoms with van der Waals surface area (Å²) in [5, 5.41) is 0. The van der Waals surface area contributed by atoms with Crippen molar-refractivity contribution in [1.82, 2.24) is 4.98 Å². The summed E-state index contributed by atoms with van der Waals surface area (Å²) in [5.41, 5.74) is 0.200. The van der Waals surface area contributed by atoms with Gasteiger partial charge in [0.2, 0.25) is 10.4 Å². The summed E-state index contributed by atoms with van der Waals surface area (Å²) in [5.74, 6) is 0.0627. The third-order valence-electron chi connectivity index (χ3n) is 1.47. The Morgan fingerprint density at radius 2 is 2.38 bits per heavy atom. The van der Waals surface area contributed by atoms with E-state index in [1.165, 1.54) is 7.11 Å². The standard InChI is InChI=1S/C8H10BrNO3/c1-3-4-5-10-6(7(9)13-5)8(11)12-2/h3-4H2,1-2H3. The van der Waals surface area contributed by atoms with Crippen LogP contribution < -0.4 is 0 Å². The molecule has 1 rings (SSSR count). The number of hydrogen-bond donors (Lipinski definition) is 0. The maximum absolute atomic E-state index is 11.1. The van der Waals surface area contributed by atoms with Crippen molar-refractivity contribution in [2.24, 2.45) is 0 Å². The van der Waals surface area contributed by atoms with Crippen molar-refractivity contribution >= 4 is 21.9 Å². The Labute approximate surface area is 84.4 Å². The van der Waals surface area contributed by atoms with E-state index in [-0.39, 0.29) is 5.69 Å². The number of aromatic nitrogens is 1. The lowest BCUT2D eigenvalue weighted by molar-refractivity contribution is 0.0592. The summed E-state index contributed by atoms with van der Waals surface area (Å²) >= 11 is 3.10. The number of rotatable bonds is 3. The molecule has 0 aliphatic heterocycles. The Hall–Kier alpha value is -0.840. The van der Waals surface area contributed by atoms with E-state index in [1.54, 1.807) is 0 Å². The van der Waals surface area contributed by atoms with Crippen LogP contribution in [0.25, 0.3) is 0 Å². The second kappa shape index (κ2) is 4.41. The normalized spacial score (nSPS) is 10.1. The number of hydrogen-bond acceptors (Lipinski definition) is 4. The van der Waals surface area contributed by atoms with Crippen LogP contribution in [-0.2, 0) is 11.2 Å². The SMILES string of the molecule is CCCc1nc(C(=O)OC)c(Br)o1. The van der Waals surface area contributed by atoms with Gasteiger partial charge in [0.1, 0.15) is 0 Å². The van der Waals surface area contributed by atoms with E-state index < -0.39 is 5.97 Å². The number of methoxy groups -OCH3 is 1. The molecule has 0 saturated heterocycles. The Bertz CT molecular complexity index is 308. The quantitative estimate of drug-likeness (QED) is 0.769. The Morgan fingerprint density at radius 3 is 2.92 bits per heavy atom. The number of carbonyl (C=O) groups excluding carboxylic acids is 1. The summed E-state index contributed by atoms with van der Waals surface area (Å²) in [6.45, 7) is 2.01. The second-order valence-electron chi connectivity index (χ2n) is 2.47. The Balaban J connectivity index is 2.89. The van der Waals surface area contributed by atoms with Gasteiger partial charge in [-0.15, -0.1) is 0 Å². The third kappa shape index (κ3) is 2.30. The number of carbonyl (C=O) groups is 1. The fourth-order valence-corrected chi connectivity index (χ4v) is 1.32. The maximum Gasteiger partial charge on any atom is 0.361 e. The van der Waals surface area contributed by atoms with Gasteiger partial charge in [-0.2, -0.15) is 0 Å². The molecule has 0 spiro atoms. The Morgan fingerprint density at radius 1 is 1.69 bits per heavy atom. The number of halogens is 1. The summed E-state index contributed by atoms with van der Waals surface area (Å²) in [7, 11) is 1.31. The predicted molar refractivity (Wildman–Crippen MR) is 49.5 cm³/mol. The van der Waals surface area contributed by atoms with Gasteiger partial charge >= 0.3 is 5.97 Å². The van der Waals surface area contributed by atoms with Crippen molar-refractivity contribution < 1.29 is 13.9 Å². The predicted octanol–water partition coefficient (Wildman–Crippen LogP) is 2.18. The second-order valence-corrected chi connectivity index (χ2v) is 3.19. The molecule has 0 bridgehead atoms. The monoisotopic (exact) mass is 247 g/mol. The fraction of sp³-hybridized carbons (Fsp3) is 0.500. The largest absolute Gasteiger partial charge is 0.464 e. The highest BCUT2D eigenvalue weighted by Gasteiger charge is 2.17. The molecule has 0 aromatic carbocycles. The van der Waals surface area contributed by atoms with Crippen LogP contribution in [0.2, 0.25) is 0 Å². The van der Waals surface area contributed by atoms with E-state index in [9.17, 15) is 4.79 Å². The topological polar surface area (TPSA) is 52.3 Å². The van der Waals surface area contributed by atoms with Crippen molar-refractivity contribution in [3.8, 4) is 0 Å². The van der Waals surface area contributed by atoms with Gasteiger partial charge in [0.15, 0.2) is 5.89 Å². The number of nitrogens with zero attached hydrogens (tertiary/aromatic N) is 1. The van der Waals surface area contributed by atoms with Gasteiger partial charge in [0.05, 0.1) is 7.11 Å². The lowest BCUT2D eigenvalue weighted by Gasteiger charge is -1.91. The van der Waals surface area contributed by atoms with Crippen molar-refractivity contribution in [1.29, 1.82) is 0 Å². The van der Waals surface area contributed by atoms with E-state index >= 15 is 0 Å². The molecule has 1 heterocycles. The van der Waals surface area contributed by atoms with Crippen LogP contribution in [0.5, 0.6) is 0 Å². The first kappa shape index (κ1) is 10.2. The molecule has 0 unspecified atom stereocenters. The van der Waals surface area contributed by atoms with Crippen molar-refractivity contribution in [2.75, 3.05) is 7.11 Å². The van der Waals surface area contributed by atoms with Crippen LogP contribution >= 0.6 is 15.9 Å². The summed E-state index contributed by atoms with van der Waals surface area (Å²) in [4.78, 5) is 15.1. The minimum atomic E-state index is -0.488. The minimum absolute atomic E-state index is 0.200. The average molecular weight is 248 g/mol. The van der Waals surface area contributed by atoms with Crippen molar-refractivity contribution in [3.05, 3.63) is 16.3 Å². The van der Waals surface area contributed by atoms with Gasteiger partial charge in [0.25, 0.3) is 0 Å². The molecule has 0 radical (unpaired) electrons. The first-order valence-corrected chi connectivity index (χ1v) is 4.71. The zero-order valence-corrected chi connectivity index (χ0v) is 9.05. The molecule has 0 aliphatic carbocycles. The lowest BCUT2D eigenvalue weighted by atomic mass is 10.3. The van der Waals surface area contributed by atoms with E-state index in [1.807, 2.05) is 6.92 Å². The van der Waals surface area contributed by atoms with Crippen LogP contribution in [0.1, 0.15) is 29.7 Å².